The number of halogens is 1. The second-order valence-corrected chi connectivity index (χ2v) is 4.31. The Labute approximate surface area is 106 Å². The third-order valence-electron chi connectivity index (χ3n) is 1.91. The Hall–Kier alpha value is -1.73. The van der Waals surface area contributed by atoms with Gasteiger partial charge in [0.05, 0.1) is 5.02 Å². The van der Waals surface area contributed by atoms with E-state index in [1.54, 1.807) is 18.5 Å². The van der Waals surface area contributed by atoms with Crippen LogP contribution in [0.25, 0.3) is 0 Å². The van der Waals surface area contributed by atoms with Crippen LogP contribution in [-0.2, 0) is 0 Å². The molecule has 0 spiro atoms. The van der Waals surface area contributed by atoms with Crippen LogP contribution in [0.1, 0.15) is 5.56 Å². The lowest BCUT2D eigenvalue weighted by Gasteiger charge is -2.05. The third-order valence-corrected chi connectivity index (χ3v) is 3.32. The van der Waals surface area contributed by atoms with Gasteiger partial charge in [0.25, 0.3) is 0 Å². The van der Waals surface area contributed by atoms with Gasteiger partial charge in [0.1, 0.15) is 5.03 Å². The molecular weight excluding hydrogens is 262 g/mol. The van der Waals surface area contributed by atoms with E-state index in [2.05, 4.69) is 20.1 Å². The van der Waals surface area contributed by atoms with Crippen molar-refractivity contribution in [3.63, 3.8) is 0 Å². The lowest BCUT2D eigenvalue weighted by Crippen LogP contribution is -2.14. The number of rotatable bonds is 3. The Balaban J connectivity index is 2.36. The van der Waals surface area contributed by atoms with Crippen LogP contribution < -0.4 is 5.73 Å². The molecule has 0 aliphatic heterocycles. The second kappa shape index (κ2) is 5.07. The molecular formula is C9H8ClN5OS. The first kappa shape index (κ1) is 11.7. The van der Waals surface area contributed by atoms with Crippen molar-refractivity contribution in [3.05, 3.63) is 35.2 Å². The summed E-state index contributed by atoms with van der Waals surface area (Å²) >= 11 is 7.36. The van der Waals surface area contributed by atoms with Crippen LogP contribution >= 0.6 is 23.4 Å². The molecule has 8 heteroatoms. The number of hydrogen-bond acceptors (Lipinski definition) is 5. The number of imidazole rings is 1. The zero-order chi connectivity index (χ0) is 12.3. The molecule has 0 aliphatic rings. The molecule has 2 aromatic rings. The van der Waals surface area contributed by atoms with E-state index >= 15 is 0 Å². The zero-order valence-corrected chi connectivity index (χ0v) is 10.0. The Morgan fingerprint density at radius 2 is 2.29 bits per heavy atom. The van der Waals surface area contributed by atoms with E-state index in [0.717, 1.165) is 0 Å². The third kappa shape index (κ3) is 2.51. The second-order valence-electron chi connectivity index (χ2n) is 2.96. The maximum absolute atomic E-state index is 8.62. The summed E-state index contributed by atoms with van der Waals surface area (Å²) in [5, 5.41) is 13.0. The van der Waals surface area contributed by atoms with Crippen LogP contribution in [-0.4, -0.2) is 26.0 Å². The quantitative estimate of drug-likeness (QED) is 0.341. The van der Waals surface area contributed by atoms with E-state index in [0.29, 0.717) is 20.8 Å². The molecule has 0 bridgehead atoms. The molecule has 0 fully saturated rings. The number of pyridine rings is 1. The largest absolute Gasteiger partial charge is 0.409 e. The van der Waals surface area contributed by atoms with Gasteiger partial charge in [-0.1, -0.05) is 16.8 Å². The first-order chi connectivity index (χ1) is 8.22. The fraction of sp³-hybridized carbons (Fsp3) is 0. The minimum Gasteiger partial charge on any atom is -0.409 e. The number of aromatic nitrogens is 3. The lowest BCUT2D eigenvalue weighted by molar-refractivity contribution is 0.318. The van der Waals surface area contributed by atoms with E-state index in [1.807, 2.05) is 0 Å². The molecule has 4 N–H and O–H groups in total. The Morgan fingerprint density at radius 1 is 1.47 bits per heavy atom. The number of oxime groups is 1. The summed E-state index contributed by atoms with van der Waals surface area (Å²) in [5.74, 6) is -0.0568. The average molecular weight is 270 g/mol. The van der Waals surface area contributed by atoms with Crippen molar-refractivity contribution in [3.8, 4) is 0 Å². The van der Waals surface area contributed by atoms with Gasteiger partial charge in [0, 0.05) is 24.2 Å². The highest BCUT2D eigenvalue weighted by atomic mass is 35.5. The first-order valence-corrected chi connectivity index (χ1v) is 5.71. The van der Waals surface area contributed by atoms with Crippen LogP contribution in [0, 0.1) is 0 Å². The van der Waals surface area contributed by atoms with Gasteiger partial charge in [-0.25, -0.2) is 9.97 Å². The number of aromatic amines is 1. The highest BCUT2D eigenvalue weighted by Gasteiger charge is 2.12. The summed E-state index contributed by atoms with van der Waals surface area (Å²) in [6.45, 7) is 0. The number of nitrogens with one attached hydrogen (secondary N) is 1. The Kier molecular flexibility index (Phi) is 3.50. The van der Waals surface area contributed by atoms with Gasteiger partial charge in [-0.05, 0) is 17.8 Å². The lowest BCUT2D eigenvalue weighted by atomic mass is 10.2. The van der Waals surface area contributed by atoms with Crippen molar-refractivity contribution < 1.29 is 5.21 Å². The van der Waals surface area contributed by atoms with Crippen molar-refractivity contribution in [1.29, 1.82) is 0 Å². The van der Waals surface area contributed by atoms with E-state index in [4.69, 9.17) is 22.5 Å². The highest BCUT2D eigenvalue weighted by molar-refractivity contribution is 7.99. The molecule has 0 aliphatic carbocycles. The molecule has 0 saturated heterocycles. The van der Waals surface area contributed by atoms with Crippen molar-refractivity contribution in [2.75, 3.05) is 0 Å². The standard InChI is InChI=1S/C9H8ClN5OS/c10-6-5(7(11)15-16)1-2-12-8(6)17-9-13-3-4-14-9/h1-4,16H,(H2,11,15)(H,13,14). The van der Waals surface area contributed by atoms with E-state index in [1.165, 1.54) is 18.0 Å². The normalized spacial score (nSPS) is 11.7. The average Bonchev–Trinajstić information content (AvgIpc) is 2.84. The molecule has 2 rings (SSSR count). The molecule has 0 aromatic carbocycles. The first-order valence-electron chi connectivity index (χ1n) is 4.52. The fourth-order valence-electron chi connectivity index (χ4n) is 1.15. The minimum atomic E-state index is -0.0568. The fourth-order valence-corrected chi connectivity index (χ4v) is 2.21. The molecule has 0 radical (unpaired) electrons. The maximum Gasteiger partial charge on any atom is 0.171 e. The predicted octanol–water partition coefficient (Wildman–Crippen LogP) is 1.70. The number of amidine groups is 1. The van der Waals surface area contributed by atoms with Gasteiger partial charge in [0.2, 0.25) is 0 Å². The molecule has 88 valence electrons. The van der Waals surface area contributed by atoms with Crippen LogP contribution in [0.15, 0.2) is 40.0 Å². The summed E-state index contributed by atoms with van der Waals surface area (Å²) in [7, 11) is 0. The van der Waals surface area contributed by atoms with Crippen LogP contribution in [0.4, 0.5) is 0 Å². The number of nitrogens with zero attached hydrogens (tertiary/aromatic N) is 3. The molecule has 6 nitrogen and oxygen atoms in total. The predicted molar refractivity (Wildman–Crippen MR) is 64.5 cm³/mol. The van der Waals surface area contributed by atoms with E-state index in [-0.39, 0.29) is 5.84 Å². The SMILES string of the molecule is N/C(=N/O)c1ccnc(Sc2ncc[nH]2)c1Cl. The zero-order valence-electron chi connectivity index (χ0n) is 8.46. The summed E-state index contributed by atoms with van der Waals surface area (Å²) in [5.41, 5.74) is 5.92. The van der Waals surface area contributed by atoms with Gasteiger partial charge in [-0.3, -0.25) is 0 Å². The summed E-state index contributed by atoms with van der Waals surface area (Å²) in [6.07, 6.45) is 4.86. The number of hydrogen-bond donors (Lipinski definition) is 3. The van der Waals surface area contributed by atoms with E-state index in [9.17, 15) is 0 Å². The molecule has 2 heterocycles. The minimum absolute atomic E-state index is 0.0568. The van der Waals surface area contributed by atoms with E-state index < -0.39 is 0 Å². The molecule has 0 unspecified atom stereocenters. The van der Waals surface area contributed by atoms with Crippen molar-refractivity contribution >= 4 is 29.2 Å². The Morgan fingerprint density at radius 3 is 2.94 bits per heavy atom. The van der Waals surface area contributed by atoms with Gasteiger partial charge < -0.3 is 15.9 Å². The topological polar surface area (TPSA) is 100 Å². The monoisotopic (exact) mass is 269 g/mol. The smallest absolute Gasteiger partial charge is 0.171 e. The maximum atomic E-state index is 8.62. The van der Waals surface area contributed by atoms with Crippen LogP contribution in [0.3, 0.4) is 0 Å². The summed E-state index contributed by atoms with van der Waals surface area (Å²) in [6, 6.07) is 1.57. The van der Waals surface area contributed by atoms with Gasteiger partial charge in [-0.15, -0.1) is 0 Å². The van der Waals surface area contributed by atoms with Crippen LogP contribution in [0.2, 0.25) is 5.02 Å². The molecule has 0 amide bonds. The molecule has 0 saturated carbocycles. The van der Waals surface area contributed by atoms with Gasteiger partial charge in [0.15, 0.2) is 11.0 Å². The molecule has 0 atom stereocenters. The number of H-pyrrole nitrogens is 1. The van der Waals surface area contributed by atoms with Crippen LogP contribution in [0.5, 0.6) is 0 Å². The highest BCUT2D eigenvalue weighted by Crippen LogP contribution is 2.31. The van der Waals surface area contributed by atoms with Crippen molar-refractivity contribution in [2.45, 2.75) is 10.2 Å². The summed E-state index contributed by atoms with van der Waals surface area (Å²) < 4.78 is 0. The Bertz CT molecular complexity index is 542. The van der Waals surface area contributed by atoms with Gasteiger partial charge >= 0.3 is 0 Å². The molecule has 17 heavy (non-hydrogen) atoms. The summed E-state index contributed by atoms with van der Waals surface area (Å²) in [4.78, 5) is 11.1. The van der Waals surface area contributed by atoms with Crippen molar-refractivity contribution in [1.82, 2.24) is 15.0 Å². The van der Waals surface area contributed by atoms with Gasteiger partial charge in [-0.2, -0.15) is 0 Å². The number of nitrogens with two attached hydrogens (primary N) is 1. The van der Waals surface area contributed by atoms with Crippen molar-refractivity contribution in [2.24, 2.45) is 10.9 Å². The molecule has 2 aromatic heterocycles.